The number of fused-ring (bicyclic) bond motifs is 1. The Hall–Kier alpha value is 0.0700. The molecule has 15 heavy (non-hydrogen) atoms. The Labute approximate surface area is 96.6 Å². The fourth-order valence-corrected chi connectivity index (χ4v) is 5.18. The molecule has 2 saturated heterocycles. The molecule has 3 nitrogen and oxygen atoms in total. The van der Waals surface area contributed by atoms with Crippen LogP contribution in [0.4, 0.5) is 0 Å². The molecule has 0 amide bonds. The molecule has 2 spiro atoms. The summed E-state index contributed by atoms with van der Waals surface area (Å²) in [5.41, 5.74) is -0.615. The fourth-order valence-electron chi connectivity index (χ4n) is 3.96. The third-order valence-electron chi connectivity index (χ3n) is 4.89. The summed E-state index contributed by atoms with van der Waals surface area (Å²) < 4.78 is 11.1. The predicted octanol–water partition coefficient (Wildman–Crippen LogP) is 1.14. The van der Waals surface area contributed by atoms with E-state index in [9.17, 15) is 4.79 Å². The molecular weight excluding hydrogens is 260 g/mol. The summed E-state index contributed by atoms with van der Waals surface area (Å²) in [6.45, 7) is 2.04. The minimum Gasteiger partial charge on any atom is -0.380 e. The smallest absolute Gasteiger partial charge is 0.176 e. The number of alkyl halides is 1. The van der Waals surface area contributed by atoms with E-state index in [1.807, 2.05) is 0 Å². The Morgan fingerprint density at radius 2 is 2.20 bits per heavy atom. The van der Waals surface area contributed by atoms with Crippen molar-refractivity contribution in [2.24, 2.45) is 17.3 Å². The second-order valence-corrected chi connectivity index (χ2v) is 6.61. The fraction of sp³-hybridized carbons (Fsp3) is 0.909. The van der Waals surface area contributed by atoms with Crippen LogP contribution in [0.1, 0.15) is 12.8 Å². The summed E-state index contributed by atoms with van der Waals surface area (Å²) >= 11 is 3.73. The molecule has 5 aliphatic rings. The van der Waals surface area contributed by atoms with Gasteiger partial charge in [0.25, 0.3) is 0 Å². The van der Waals surface area contributed by atoms with Crippen LogP contribution in [0.25, 0.3) is 0 Å². The lowest BCUT2D eigenvalue weighted by molar-refractivity contribution is -0.150. The van der Waals surface area contributed by atoms with Gasteiger partial charge in [-0.3, -0.25) is 4.79 Å². The van der Waals surface area contributed by atoms with Crippen molar-refractivity contribution >= 4 is 21.7 Å². The largest absolute Gasteiger partial charge is 0.380 e. The van der Waals surface area contributed by atoms with E-state index in [0.29, 0.717) is 35.7 Å². The van der Waals surface area contributed by atoms with Crippen molar-refractivity contribution in [1.29, 1.82) is 0 Å². The van der Waals surface area contributed by atoms with E-state index >= 15 is 0 Å². The lowest BCUT2D eigenvalue weighted by Crippen LogP contribution is -2.62. The van der Waals surface area contributed by atoms with Crippen LogP contribution in [0.3, 0.4) is 0 Å². The van der Waals surface area contributed by atoms with Crippen LogP contribution in [0.15, 0.2) is 0 Å². The zero-order valence-electron chi connectivity index (χ0n) is 8.37. The second kappa shape index (κ2) is 2.49. The first-order chi connectivity index (χ1) is 7.19. The topological polar surface area (TPSA) is 38.8 Å². The van der Waals surface area contributed by atoms with Gasteiger partial charge in [0.15, 0.2) is 11.4 Å². The van der Waals surface area contributed by atoms with Crippen molar-refractivity contribution in [3.05, 3.63) is 0 Å². The highest BCUT2D eigenvalue weighted by molar-refractivity contribution is 9.09. The maximum Gasteiger partial charge on any atom is 0.176 e. The molecular formula is C11H13BrO3. The van der Waals surface area contributed by atoms with Crippen molar-refractivity contribution in [2.75, 3.05) is 19.8 Å². The van der Waals surface area contributed by atoms with Crippen LogP contribution >= 0.6 is 15.9 Å². The Kier molecular flexibility index (Phi) is 1.52. The maximum atomic E-state index is 12.5. The Morgan fingerprint density at radius 1 is 1.40 bits per heavy atom. The van der Waals surface area contributed by atoms with Gasteiger partial charge in [-0.1, -0.05) is 15.9 Å². The first-order valence-corrected chi connectivity index (χ1v) is 6.51. The van der Waals surface area contributed by atoms with Crippen molar-refractivity contribution in [3.8, 4) is 0 Å². The van der Waals surface area contributed by atoms with E-state index in [4.69, 9.17) is 9.47 Å². The highest BCUT2D eigenvalue weighted by atomic mass is 79.9. The number of carbonyl (C=O) groups excluding carboxylic acids is 1. The number of ketones is 1. The Bertz CT molecular complexity index is 352. The number of hydrogen-bond donors (Lipinski definition) is 0. The lowest BCUT2D eigenvalue weighted by atomic mass is 9.51. The molecule has 5 fully saturated rings. The lowest BCUT2D eigenvalue weighted by Gasteiger charge is -2.51. The van der Waals surface area contributed by atoms with E-state index < -0.39 is 5.60 Å². The van der Waals surface area contributed by atoms with Crippen LogP contribution in [0, 0.1) is 17.3 Å². The molecule has 4 heteroatoms. The number of Topliss-reactive ketones (excluding diaryl/α,β-unsaturated/α-hetero) is 1. The molecule has 0 aromatic rings. The summed E-state index contributed by atoms with van der Waals surface area (Å²) in [5.74, 6) is 1.20. The Balaban J connectivity index is 1.86. The van der Waals surface area contributed by atoms with E-state index in [1.165, 1.54) is 0 Å². The highest BCUT2D eigenvalue weighted by Gasteiger charge is 2.74. The van der Waals surface area contributed by atoms with Gasteiger partial charge in [-0.05, 0) is 18.8 Å². The van der Waals surface area contributed by atoms with Crippen molar-refractivity contribution in [3.63, 3.8) is 0 Å². The molecule has 2 heterocycles. The van der Waals surface area contributed by atoms with Crippen molar-refractivity contribution in [2.45, 2.75) is 23.3 Å². The molecule has 2 aliphatic heterocycles. The molecule has 3 unspecified atom stereocenters. The molecule has 0 aromatic carbocycles. The monoisotopic (exact) mass is 272 g/mol. The normalized spacial score (nSPS) is 61.1. The second-order valence-electron chi connectivity index (χ2n) is 5.44. The van der Waals surface area contributed by atoms with Crippen LogP contribution in [-0.2, 0) is 14.3 Å². The number of ether oxygens (including phenoxy) is 2. The highest BCUT2D eigenvalue weighted by Crippen LogP contribution is 2.64. The summed E-state index contributed by atoms with van der Waals surface area (Å²) in [4.78, 5) is 12.9. The van der Waals surface area contributed by atoms with Gasteiger partial charge in [0.2, 0.25) is 0 Å². The van der Waals surface area contributed by atoms with Gasteiger partial charge in [-0.2, -0.15) is 0 Å². The molecule has 0 radical (unpaired) electrons. The van der Waals surface area contributed by atoms with Crippen molar-refractivity contribution < 1.29 is 14.3 Å². The molecule has 5 rings (SSSR count). The van der Waals surface area contributed by atoms with Crippen LogP contribution in [0.2, 0.25) is 0 Å². The number of rotatable bonds is 0. The third-order valence-corrected chi connectivity index (χ3v) is 5.85. The van der Waals surface area contributed by atoms with Crippen molar-refractivity contribution in [1.82, 2.24) is 0 Å². The quantitative estimate of drug-likeness (QED) is 0.491. The molecule has 3 aliphatic carbocycles. The standard InChI is InChI=1S/C11H13BrO3/c12-8-2-10-4-14-3-6(10)1-7(8)11(5-15-11)9(10)13/h6-8H,1-5H2/t6?,7?,8?,10-,11+/m1/s1. The number of epoxide rings is 1. The van der Waals surface area contributed by atoms with Gasteiger partial charge in [-0.25, -0.2) is 0 Å². The number of hydrogen-bond acceptors (Lipinski definition) is 3. The molecule has 0 N–H and O–H groups in total. The zero-order valence-corrected chi connectivity index (χ0v) is 9.96. The first-order valence-electron chi connectivity index (χ1n) is 5.60. The van der Waals surface area contributed by atoms with E-state index in [-0.39, 0.29) is 5.41 Å². The minimum absolute atomic E-state index is 0.209. The van der Waals surface area contributed by atoms with E-state index in [1.54, 1.807) is 0 Å². The molecule has 5 atom stereocenters. The molecule has 0 aromatic heterocycles. The van der Waals surface area contributed by atoms with Crippen LogP contribution < -0.4 is 0 Å². The summed E-state index contributed by atoms with van der Waals surface area (Å²) in [6.07, 6.45) is 2.05. The molecule has 3 saturated carbocycles. The van der Waals surface area contributed by atoms with Gasteiger partial charge >= 0.3 is 0 Å². The van der Waals surface area contributed by atoms with Crippen LogP contribution in [-0.4, -0.2) is 36.0 Å². The third kappa shape index (κ3) is 0.851. The van der Waals surface area contributed by atoms with Gasteiger partial charge in [0.1, 0.15) is 0 Å². The maximum absolute atomic E-state index is 12.5. The SMILES string of the molecule is O=C1[C@]23COCC2CC(C(Br)C3)[C@@]12CO2. The summed E-state index contributed by atoms with van der Waals surface area (Å²) in [7, 11) is 0. The molecule has 82 valence electrons. The average molecular weight is 273 g/mol. The zero-order chi connectivity index (χ0) is 10.3. The molecule has 2 bridgehead atoms. The number of halogens is 1. The van der Waals surface area contributed by atoms with Gasteiger partial charge in [-0.15, -0.1) is 0 Å². The summed E-state index contributed by atoms with van der Waals surface area (Å²) in [6, 6.07) is 0. The van der Waals surface area contributed by atoms with Gasteiger partial charge in [0.05, 0.1) is 25.2 Å². The van der Waals surface area contributed by atoms with E-state index in [2.05, 4.69) is 15.9 Å². The first kappa shape index (κ1) is 9.14. The van der Waals surface area contributed by atoms with Gasteiger partial charge in [0, 0.05) is 10.7 Å². The van der Waals surface area contributed by atoms with Crippen LogP contribution in [0.5, 0.6) is 0 Å². The predicted molar refractivity (Wildman–Crippen MR) is 55.9 cm³/mol. The number of carbonyl (C=O) groups is 1. The summed E-state index contributed by atoms with van der Waals surface area (Å²) in [5, 5.41) is 0. The Morgan fingerprint density at radius 3 is 2.93 bits per heavy atom. The average Bonchev–Trinajstić information content (AvgIpc) is 2.88. The van der Waals surface area contributed by atoms with E-state index in [0.717, 1.165) is 19.4 Å². The minimum atomic E-state index is -0.406. The van der Waals surface area contributed by atoms with Gasteiger partial charge < -0.3 is 9.47 Å².